The molecule has 0 saturated carbocycles. The maximum absolute atomic E-state index is 12.8. The summed E-state index contributed by atoms with van der Waals surface area (Å²) in [6, 6.07) is 9.46. The standard InChI is InChI=1S/C19H24N2O4/c1-13(2)16-17(14(3)15-8-6-5-7-9-15)20-19(23)21(18(16)22)12-25-11-10-24-4/h5-9,13H,3,10-12H2,1-2,4H3,(H,20,23). The van der Waals surface area contributed by atoms with Crippen LogP contribution >= 0.6 is 0 Å². The normalized spacial score (nSPS) is 11.0. The molecule has 0 aliphatic carbocycles. The molecule has 6 nitrogen and oxygen atoms in total. The molecule has 0 saturated heterocycles. The Balaban J connectivity index is 2.47. The van der Waals surface area contributed by atoms with Crippen LogP contribution in [0.15, 0.2) is 46.5 Å². The maximum Gasteiger partial charge on any atom is 0.330 e. The summed E-state index contributed by atoms with van der Waals surface area (Å²) in [7, 11) is 1.56. The predicted octanol–water partition coefficient (Wildman–Crippen LogP) is 2.34. The Kier molecular flexibility index (Phi) is 6.50. The Hall–Kier alpha value is -2.44. The molecule has 0 spiro atoms. The first-order valence-corrected chi connectivity index (χ1v) is 8.15. The monoisotopic (exact) mass is 344 g/mol. The summed E-state index contributed by atoms with van der Waals surface area (Å²) in [5, 5.41) is 0. The van der Waals surface area contributed by atoms with Gasteiger partial charge in [0, 0.05) is 12.7 Å². The highest BCUT2D eigenvalue weighted by molar-refractivity contribution is 5.77. The Labute approximate surface area is 146 Å². The van der Waals surface area contributed by atoms with Crippen molar-refractivity contribution in [3.63, 3.8) is 0 Å². The fourth-order valence-electron chi connectivity index (χ4n) is 2.56. The number of hydrogen-bond donors (Lipinski definition) is 1. The molecule has 0 aliphatic heterocycles. The van der Waals surface area contributed by atoms with Gasteiger partial charge in [-0.2, -0.15) is 0 Å². The van der Waals surface area contributed by atoms with E-state index in [0.717, 1.165) is 10.1 Å². The summed E-state index contributed by atoms with van der Waals surface area (Å²) in [6.07, 6.45) is 0. The molecule has 1 N–H and O–H groups in total. The third-order valence-electron chi connectivity index (χ3n) is 3.88. The smallest absolute Gasteiger partial charge is 0.330 e. The van der Waals surface area contributed by atoms with Crippen LogP contribution in [-0.2, 0) is 16.2 Å². The van der Waals surface area contributed by atoms with Crippen molar-refractivity contribution < 1.29 is 9.47 Å². The van der Waals surface area contributed by atoms with Gasteiger partial charge in [-0.3, -0.25) is 4.79 Å². The summed E-state index contributed by atoms with van der Waals surface area (Å²) < 4.78 is 11.3. The summed E-state index contributed by atoms with van der Waals surface area (Å²) in [5.74, 6) is -0.0787. The van der Waals surface area contributed by atoms with Crippen LogP contribution < -0.4 is 11.2 Å². The molecule has 6 heteroatoms. The van der Waals surface area contributed by atoms with Gasteiger partial charge in [-0.05, 0) is 17.1 Å². The third kappa shape index (κ3) is 4.35. The van der Waals surface area contributed by atoms with E-state index in [4.69, 9.17) is 9.47 Å². The van der Waals surface area contributed by atoms with Gasteiger partial charge >= 0.3 is 5.69 Å². The van der Waals surface area contributed by atoms with Gasteiger partial charge in [0.2, 0.25) is 0 Å². The minimum absolute atomic E-state index is 0.0787. The largest absolute Gasteiger partial charge is 0.382 e. The Morgan fingerprint density at radius 2 is 1.88 bits per heavy atom. The summed E-state index contributed by atoms with van der Waals surface area (Å²) in [4.78, 5) is 28.0. The molecule has 1 aromatic carbocycles. The van der Waals surface area contributed by atoms with Crippen molar-refractivity contribution in [1.29, 1.82) is 0 Å². The number of aromatic amines is 1. The van der Waals surface area contributed by atoms with E-state index in [9.17, 15) is 9.59 Å². The number of nitrogens with one attached hydrogen (secondary N) is 1. The van der Waals surface area contributed by atoms with E-state index in [-0.39, 0.29) is 18.2 Å². The summed E-state index contributed by atoms with van der Waals surface area (Å²) in [5.41, 5.74) is 1.59. The number of aromatic nitrogens is 2. The molecular formula is C19H24N2O4. The molecule has 25 heavy (non-hydrogen) atoms. The van der Waals surface area contributed by atoms with E-state index < -0.39 is 5.69 Å². The molecule has 1 heterocycles. The van der Waals surface area contributed by atoms with Crippen LogP contribution in [0, 0.1) is 0 Å². The zero-order valence-corrected chi connectivity index (χ0v) is 14.9. The van der Waals surface area contributed by atoms with Crippen molar-refractivity contribution in [2.75, 3.05) is 20.3 Å². The van der Waals surface area contributed by atoms with E-state index in [1.54, 1.807) is 7.11 Å². The van der Waals surface area contributed by atoms with Crippen LogP contribution in [0.4, 0.5) is 0 Å². The van der Waals surface area contributed by atoms with Gasteiger partial charge in [-0.25, -0.2) is 9.36 Å². The molecule has 1 aromatic heterocycles. The highest BCUT2D eigenvalue weighted by atomic mass is 16.5. The molecule has 0 radical (unpaired) electrons. The molecule has 0 aliphatic rings. The number of rotatable bonds is 8. The van der Waals surface area contributed by atoms with Crippen LogP contribution in [0.1, 0.15) is 36.6 Å². The Morgan fingerprint density at radius 1 is 1.20 bits per heavy atom. The van der Waals surface area contributed by atoms with E-state index in [1.807, 2.05) is 44.2 Å². The first-order chi connectivity index (χ1) is 12.0. The summed E-state index contributed by atoms with van der Waals surface area (Å²) >= 11 is 0. The zero-order valence-electron chi connectivity index (χ0n) is 14.9. The maximum atomic E-state index is 12.8. The van der Waals surface area contributed by atoms with Crippen LogP contribution in [0.5, 0.6) is 0 Å². The highest BCUT2D eigenvalue weighted by Gasteiger charge is 2.19. The van der Waals surface area contributed by atoms with Gasteiger partial charge in [-0.1, -0.05) is 50.8 Å². The predicted molar refractivity (Wildman–Crippen MR) is 97.8 cm³/mol. The zero-order chi connectivity index (χ0) is 18.4. The lowest BCUT2D eigenvalue weighted by atomic mass is 9.95. The van der Waals surface area contributed by atoms with Crippen molar-refractivity contribution in [2.45, 2.75) is 26.5 Å². The van der Waals surface area contributed by atoms with Crippen LogP contribution in [-0.4, -0.2) is 29.9 Å². The second kappa shape index (κ2) is 8.60. The fraction of sp³-hybridized carbons (Fsp3) is 0.368. The average molecular weight is 344 g/mol. The fourth-order valence-corrected chi connectivity index (χ4v) is 2.56. The summed E-state index contributed by atoms with van der Waals surface area (Å²) in [6.45, 7) is 8.47. The number of methoxy groups -OCH3 is 1. The molecule has 134 valence electrons. The minimum Gasteiger partial charge on any atom is -0.382 e. The van der Waals surface area contributed by atoms with Crippen molar-refractivity contribution in [2.24, 2.45) is 0 Å². The highest BCUT2D eigenvalue weighted by Crippen LogP contribution is 2.24. The van der Waals surface area contributed by atoms with Crippen molar-refractivity contribution >= 4 is 5.57 Å². The van der Waals surface area contributed by atoms with Gasteiger partial charge in [0.15, 0.2) is 0 Å². The first-order valence-electron chi connectivity index (χ1n) is 8.15. The van der Waals surface area contributed by atoms with Crippen LogP contribution in [0.2, 0.25) is 0 Å². The van der Waals surface area contributed by atoms with Gasteiger partial charge in [-0.15, -0.1) is 0 Å². The first kappa shape index (κ1) is 18.9. The number of H-pyrrole nitrogens is 1. The average Bonchev–Trinajstić information content (AvgIpc) is 2.60. The third-order valence-corrected chi connectivity index (χ3v) is 3.88. The second-order valence-corrected chi connectivity index (χ2v) is 5.98. The van der Waals surface area contributed by atoms with Crippen molar-refractivity contribution in [1.82, 2.24) is 9.55 Å². The minimum atomic E-state index is -0.515. The molecule has 0 fully saturated rings. The van der Waals surface area contributed by atoms with E-state index in [2.05, 4.69) is 11.6 Å². The number of hydrogen-bond acceptors (Lipinski definition) is 4. The van der Waals surface area contributed by atoms with E-state index >= 15 is 0 Å². The molecule has 0 bridgehead atoms. The number of benzene rings is 1. The molecule has 0 unspecified atom stereocenters. The number of ether oxygens (including phenoxy) is 2. The van der Waals surface area contributed by atoms with E-state index in [1.165, 1.54) is 0 Å². The van der Waals surface area contributed by atoms with E-state index in [0.29, 0.717) is 30.0 Å². The Morgan fingerprint density at radius 3 is 2.48 bits per heavy atom. The quantitative estimate of drug-likeness (QED) is 0.746. The molecular weight excluding hydrogens is 320 g/mol. The topological polar surface area (TPSA) is 73.3 Å². The van der Waals surface area contributed by atoms with Crippen molar-refractivity contribution in [3.8, 4) is 0 Å². The van der Waals surface area contributed by atoms with Crippen LogP contribution in [0.25, 0.3) is 5.57 Å². The van der Waals surface area contributed by atoms with Crippen LogP contribution in [0.3, 0.4) is 0 Å². The number of nitrogens with zero attached hydrogens (tertiary/aromatic N) is 1. The van der Waals surface area contributed by atoms with Gasteiger partial charge in [0.1, 0.15) is 6.73 Å². The van der Waals surface area contributed by atoms with Gasteiger partial charge in [0.05, 0.1) is 18.9 Å². The molecule has 0 amide bonds. The molecule has 2 aromatic rings. The lowest BCUT2D eigenvalue weighted by molar-refractivity contribution is 0.0305. The lowest BCUT2D eigenvalue weighted by Crippen LogP contribution is -2.39. The van der Waals surface area contributed by atoms with Gasteiger partial charge in [0.25, 0.3) is 5.56 Å². The Bertz CT molecular complexity index is 835. The second-order valence-electron chi connectivity index (χ2n) is 5.98. The van der Waals surface area contributed by atoms with Crippen molar-refractivity contribution in [3.05, 3.63) is 74.6 Å². The SMILES string of the molecule is C=C(c1ccccc1)c1[nH]c(=O)n(COCCOC)c(=O)c1C(C)C. The molecule has 0 atom stereocenters. The lowest BCUT2D eigenvalue weighted by Gasteiger charge is -2.16. The molecule has 2 rings (SSSR count). The van der Waals surface area contributed by atoms with Gasteiger partial charge < -0.3 is 14.5 Å².